The molecule has 1 aliphatic rings. The number of benzene rings is 1. The third kappa shape index (κ3) is 3.45. The molecule has 0 aliphatic carbocycles. The highest BCUT2D eigenvalue weighted by atomic mass is 32.1. The molecule has 0 radical (unpaired) electrons. The summed E-state index contributed by atoms with van der Waals surface area (Å²) < 4.78 is 0. The molecule has 0 spiro atoms. The van der Waals surface area contributed by atoms with E-state index in [0.717, 1.165) is 17.0 Å². The molecule has 0 fully saturated rings. The van der Waals surface area contributed by atoms with Gasteiger partial charge in [0.2, 0.25) is 5.91 Å². The number of likely N-dealkylation sites (N-methyl/N-ethyl adjacent to an activating group) is 2. The molecule has 25 heavy (non-hydrogen) atoms. The van der Waals surface area contributed by atoms with Crippen LogP contribution in [0.3, 0.4) is 0 Å². The molecule has 1 N–H and O–H groups in total. The largest absolute Gasteiger partial charge is 0.354 e. The summed E-state index contributed by atoms with van der Waals surface area (Å²) in [5.41, 5.74) is 1.43. The van der Waals surface area contributed by atoms with Gasteiger partial charge in [0.05, 0.1) is 12.0 Å². The van der Waals surface area contributed by atoms with Crippen molar-refractivity contribution in [2.24, 2.45) is 0 Å². The van der Waals surface area contributed by atoms with Crippen LogP contribution in [0.25, 0.3) is 0 Å². The van der Waals surface area contributed by atoms with E-state index in [4.69, 9.17) is 0 Å². The number of amides is 2. The van der Waals surface area contributed by atoms with E-state index in [0.29, 0.717) is 12.1 Å². The van der Waals surface area contributed by atoms with E-state index < -0.39 is 5.92 Å². The van der Waals surface area contributed by atoms with Crippen LogP contribution in [0.5, 0.6) is 0 Å². The van der Waals surface area contributed by atoms with E-state index >= 15 is 0 Å². The van der Waals surface area contributed by atoms with Crippen molar-refractivity contribution in [1.29, 1.82) is 0 Å². The van der Waals surface area contributed by atoms with E-state index in [1.54, 1.807) is 29.4 Å². The zero-order chi connectivity index (χ0) is 18.0. The lowest BCUT2D eigenvalue weighted by Gasteiger charge is -2.39. The summed E-state index contributed by atoms with van der Waals surface area (Å²) in [5, 5.41) is 5.02. The van der Waals surface area contributed by atoms with Gasteiger partial charge in [-0.3, -0.25) is 9.59 Å². The van der Waals surface area contributed by atoms with Gasteiger partial charge in [-0.25, -0.2) is 0 Å². The number of nitrogens with one attached hydrogen (secondary N) is 1. The predicted molar refractivity (Wildman–Crippen MR) is 99.9 cm³/mol. The molecule has 1 aromatic carbocycles. The molecule has 1 aliphatic heterocycles. The summed E-state index contributed by atoms with van der Waals surface area (Å²) in [7, 11) is 5.73. The number of thiophene rings is 1. The fraction of sp³-hybridized carbons (Fsp3) is 0.368. The SMILES string of the molecule is CN(C)CCNC(=O)C1c2ccccc2C(=O)N(C)C1c1cccs1. The lowest BCUT2D eigenvalue weighted by Crippen LogP contribution is -2.46. The minimum absolute atomic E-state index is 0.0351. The Morgan fingerprint density at radius 2 is 2.00 bits per heavy atom. The highest BCUT2D eigenvalue weighted by Crippen LogP contribution is 2.43. The van der Waals surface area contributed by atoms with E-state index in [1.807, 2.05) is 54.7 Å². The highest BCUT2D eigenvalue weighted by molar-refractivity contribution is 7.10. The van der Waals surface area contributed by atoms with Gasteiger partial charge in [-0.15, -0.1) is 11.3 Å². The predicted octanol–water partition coefficient (Wildman–Crippen LogP) is 2.34. The zero-order valence-corrected chi connectivity index (χ0v) is 15.5. The fourth-order valence-corrected chi connectivity index (χ4v) is 4.19. The Hall–Kier alpha value is -2.18. The van der Waals surface area contributed by atoms with E-state index in [9.17, 15) is 9.59 Å². The number of fused-ring (bicyclic) bond motifs is 1. The lowest BCUT2D eigenvalue weighted by atomic mass is 9.82. The van der Waals surface area contributed by atoms with Crippen molar-refractivity contribution in [3.05, 3.63) is 57.8 Å². The number of hydrogen-bond donors (Lipinski definition) is 1. The number of nitrogens with zero attached hydrogens (tertiary/aromatic N) is 2. The quantitative estimate of drug-likeness (QED) is 0.894. The summed E-state index contributed by atoms with van der Waals surface area (Å²) >= 11 is 1.58. The summed E-state index contributed by atoms with van der Waals surface area (Å²) in [6.07, 6.45) is 0. The number of hydrogen-bond acceptors (Lipinski definition) is 4. The molecular weight excluding hydrogens is 334 g/mol. The molecule has 2 aromatic rings. The summed E-state index contributed by atoms with van der Waals surface area (Å²) in [5.74, 6) is -0.474. The fourth-order valence-electron chi connectivity index (χ4n) is 3.28. The van der Waals surface area contributed by atoms with Crippen LogP contribution >= 0.6 is 11.3 Å². The number of rotatable bonds is 5. The van der Waals surface area contributed by atoms with Crippen molar-refractivity contribution in [2.45, 2.75) is 12.0 Å². The highest BCUT2D eigenvalue weighted by Gasteiger charge is 2.42. The standard InChI is InChI=1S/C19H23N3O2S/c1-21(2)11-10-20-18(23)16-13-7-4-5-8-14(13)19(24)22(3)17(16)15-9-6-12-25-15/h4-9,12,16-17H,10-11H2,1-3H3,(H,20,23). The van der Waals surface area contributed by atoms with Crippen LogP contribution in [0.15, 0.2) is 41.8 Å². The van der Waals surface area contributed by atoms with Crippen molar-refractivity contribution < 1.29 is 9.59 Å². The molecular formula is C19H23N3O2S. The molecule has 0 saturated carbocycles. The summed E-state index contributed by atoms with van der Waals surface area (Å²) in [4.78, 5) is 30.6. The molecule has 1 aromatic heterocycles. The van der Waals surface area contributed by atoms with Gasteiger partial charge in [0, 0.05) is 30.6 Å². The number of carbonyl (C=O) groups is 2. The average molecular weight is 357 g/mol. The van der Waals surface area contributed by atoms with Crippen LogP contribution in [0.1, 0.15) is 32.8 Å². The first-order valence-electron chi connectivity index (χ1n) is 8.32. The van der Waals surface area contributed by atoms with Crippen molar-refractivity contribution in [2.75, 3.05) is 34.2 Å². The summed E-state index contributed by atoms with van der Waals surface area (Å²) in [6.45, 7) is 1.36. The van der Waals surface area contributed by atoms with Crippen molar-refractivity contribution in [3.63, 3.8) is 0 Å². The van der Waals surface area contributed by atoms with Crippen LogP contribution in [-0.2, 0) is 4.79 Å². The third-order valence-electron chi connectivity index (χ3n) is 4.56. The molecule has 0 saturated heterocycles. The Morgan fingerprint density at radius 3 is 2.68 bits per heavy atom. The van der Waals surface area contributed by atoms with Crippen molar-refractivity contribution >= 4 is 23.2 Å². The first-order valence-corrected chi connectivity index (χ1v) is 9.20. The molecule has 2 heterocycles. The van der Waals surface area contributed by atoms with Gasteiger partial charge >= 0.3 is 0 Å². The molecule has 5 nitrogen and oxygen atoms in total. The van der Waals surface area contributed by atoms with Gasteiger partial charge in [-0.1, -0.05) is 24.3 Å². The monoisotopic (exact) mass is 357 g/mol. The topological polar surface area (TPSA) is 52.7 Å². The minimum atomic E-state index is -0.403. The number of carbonyl (C=O) groups excluding carboxylic acids is 2. The molecule has 6 heteroatoms. The Kier molecular flexibility index (Phi) is 5.20. The maximum atomic E-state index is 13.0. The summed E-state index contributed by atoms with van der Waals surface area (Å²) in [6, 6.07) is 11.1. The van der Waals surface area contributed by atoms with E-state index in [-0.39, 0.29) is 17.9 Å². The molecule has 132 valence electrons. The minimum Gasteiger partial charge on any atom is -0.354 e. The first-order chi connectivity index (χ1) is 12.0. The van der Waals surface area contributed by atoms with Gasteiger partial charge in [0.15, 0.2) is 0 Å². The Morgan fingerprint density at radius 1 is 1.24 bits per heavy atom. The molecule has 2 amide bonds. The second-order valence-corrected chi connectivity index (χ2v) is 7.51. The second kappa shape index (κ2) is 7.37. The molecule has 3 rings (SSSR count). The van der Waals surface area contributed by atoms with E-state index in [1.165, 1.54) is 0 Å². The van der Waals surface area contributed by atoms with Crippen LogP contribution in [0.2, 0.25) is 0 Å². The van der Waals surface area contributed by atoms with Crippen molar-refractivity contribution in [1.82, 2.24) is 15.1 Å². The van der Waals surface area contributed by atoms with Gasteiger partial charge in [0.25, 0.3) is 5.91 Å². The normalized spacial score (nSPS) is 19.8. The van der Waals surface area contributed by atoms with Crippen LogP contribution in [-0.4, -0.2) is 55.8 Å². The van der Waals surface area contributed by atoms with Crippen LogP contribution in [0.4, 0.5) is 0 Å². The van der Waals surface area contributed by atoms with Crippen LogP contribution in [0, 0.1) is 0 Å². The van der Waals surface area contributed by atoms with Crippen molar-refractivity contribution in [3.8, 4) is 0 Å². The Bertz CT molecular complexity index is 758. The average Bonchev–Trinajstić information content (AvgIpc) is 3.11. The van der Waals surface area contributed by atoms with Gasteiger partial charge in [-0.05, 0) is 37.2 Å². The molecule has 0 bridgehead atoms. The van der Waals surface area contributed by atoms with Gasteiger partial charge in [0.1, 0.15) is 0 Å². The van der Waals surface area contributed by atoms with E-state index in [2.05, 4.69) is 5.32 Å². The maximum absolute atomic E-state index is 13.0. The Balaban J connectivity index is 1.98. The molecule has 2 atom stereocenters. The van der Waals surface area contributed by atoms with Gasteiger partial charge in [-0.2, -0.15) is 0 Å². The second-order valence-electron chi connectivity index (χ2n) is 6.54. The zero-order valence-electron chi connectivity index (χ0n) is 14.7. The van der Waals surface area contributed by atoms with Gasteiger partial charge < -0.3 is 15.1 Å². The first kappa shape index (κ1) is 17.6. The lowest BCUT2D eigenvalue weighted by molar-refractivity contribution is -0.124. The third-order valence-corrected chi connectivity index (χ3v) is 5.50. The smallest absolute Gasteiger partial charge is 0.254 e. The van der Waals surface area contributed by atoms with Crippen LogP contribution < -0.4 is 5.32 Å². The molecule has 2 unspecified atom stereocenters. The Labute approximate surface area is 152 Å². The maximum Gasteiger partial charge on any atom is 0.254 e.